The van der Waals surface area contributed by atoms with E-state index < -0.39 is 0 Å². The molecule has 2 heterocycles. The minimum Gasteiger partial charge on any atom is -0.411 e. The normalized spacial score (nSPS) is 17.0. The van der Waals surface area contributed by atoms with Crippen molar-refractivity contribution >= 4 is 23.4 Å². The van der Waals surface area contributed by atoms with Gasteiger partial charge in [-0.05, 0) is 51.0 Å². The van der Waals surface area contributed by atoms with Gasteiger partial charge in [-0.25, -0.2) is 0 Å². The van der Waals surface area contributed by atoms with Crippen LogP contribution in [-0.2, 0) is 11.2 Å². The fourth-order valence-corrected chi connectivity index (χ4v) is 4.18. The molecule has 2 aromatic carbocycles. The standard InChI is InChI=1S/C21H21N3O2S/c1-13-7-6-9-17(11-13)19-22-23-21(26-19)27-15(3)20(25)24-14(2)12-16-8-4-5-10-18(16)24/h4-11,14-15H,12H2,1-3H3/t14-,15-/m0/s1. The largest absolute Gasteiger partial charge is 0.411 e. The van der Waals surface area contributed by atoms with Gasteiger partial charge in [0.15, 0.2) is 0 Å². The molecule has 0 saturated heterocycles. The van der Waals surface area contributed by atoms with Gasteiger partial charge in [0.2, 0.25) is 11.8 Å². The molecule has 1 aromatic heterocycles. The summed E-state index contributed by atoms with van der Waals surface area (Å²) < 4.78 is 5.77. The molecule has 0 aliphatic carbocycles. The SMILES string of the molecule is Cc1cccc(-c2nnc(S[C@@H](C)C(=O)N3c4ccccc4C[C@@H]3C)o2)c1. The van der Waals surface area contributed by atoms with Crippen LogP contribution in [0.2, 0.25) is 0 Å². The van der Waals surface area contributed by atoms with Crippen LogP contribution in [-0.4, -0.2) is 27.4 Å². The van der Waals surface area contributed by atoms with E-state index in [2.05, 4.69) is 23.2 Å². The lowest BCUT2D eigenvalue weighted by Crippen LogP contribution is -2.40. The maximum Gasteiger partial charge on any atom is 0.277 e. The van der Waals surface area contributed by atoms with Crippen LogP contribution < -0.4 is 4.90 Å². The van der Waals surface area contributed by atoms with Crippen molar-refractivity contribution in [3.8, 4) is 11.5 Å². The molecular weight excluding hydrogens is 358 g/mol. The van der Waals surface area contributed by atoms with Crippen LogP contribution in [0.5, 0.6) is 0 Å². The number of thioether (sulfide) groups is 1. The van der Waals surface area contributed by atoms with E-state index >= 15 is 0 Å². The zero-order valence-corrected chi connectivity index (χ0v) is 16.4. The molecular formula is C21H21N3O2S. The Labute approximate surface area is 162 Å². The Morgan fingerprint density at radius 2 is 2.04 bits per heavy atom. The van der Waals surface area contributed by atoms with E-state index in [1.165, 1.54) is 17.3 Å². The monoisotopic (exact) mass is 379 g/mol. The number of hydrogen-bond donors (Lipinski definition) is 0. The number of carbonyl (C=O) groups is 1. The summed E-state index contributed by atoms with van der Waals surface area (Å²) in [4.78, 5) is 15.0. The van der Waals surface area contributed by atoms with E-state index in [4.69, 9.17) is 4.42 Å². The molecule has 27 heavy (non-hydrogen) atoms. The minimum atomic E-state index is -0.315. The predicted molar refractivity (Wildman–Crippen MR) is 107 cm³/mol. The summed E-state index contributed by atoms with van der Waals surface area (Å²) in [7, 11) is 0. The van der Waals surface area contributed by atoms with Crippen molar-refractivity contribution in [2.75, 3.05) is 4.90 Å². The van der Waals surface area contributed by atoms with E-state index in [0.717, 1.165) is 23.2 Å². The van der Waals surface area contributed by atoms with Crippen LogP contribution in [0, 0.1) is 6.92 Å². The third-order valence-electron chi connectivity index (χ3n) is 4.74. The number of aromatic nitrogens is 2. The molecule has 138 valence electrons. The molecule has 0 unspecified atom stereocenters. The molecule has 1 amide bonds. The molecule has 0 saturated carbocycles. The van der Waals surface area contributed by atoms with Crippen molar-refractivity contribution in [1.82, 2.24) is 10.2 Å². The fraction of sp³-hybridized carbons (Fsp3) is 0.286. The van der Waals surface area contributed by atoms with Crippen molar-refractivity contribution in [2.45, 2.75) is 43.7 Å². The summed E-state index contributed by atoms with van der Waals surface area (Å²) in [5, 5.41) is 8.33. The van der Waals surface area contributed by atoms with E-state index in [1.807, 2.05) is 61.2 Å². The Balaban J connectivity index is 1.50. The van der Waals surface area contributed by atoms with E-state index in [0.29, 0.717) is 11.1 Å². The number of para-hydroxylation sites is 1. The Morgan fingerprint density at radius 3 is 2.85 bits per heavy atom. The zero-order chi connectivity index (χ0) is 19.0. The van der Waals surface area contributed by atoms with Gasteiger partial charge in [0.1, 0.15) is 0 Å². The van der Waals surface area contributed by atoms with Crippen LogP contribution in [0.25, 0.3) is 11.5 Å². The second-order valence-electron chi connectivity index (χ2n) is 6.89. The topological polar surface area (TPSA) is 59.2 Å². The molecule has 3 aromatic rings. The highest BCUT2D eigenvalue weighted by molar-refractivity contribution is 8.00. The van der Waals surface area contributed by atoms with Gasteiger partial charge in [-0.3, -0.25) is 4.79 Å². The highest BCUT2D eigenvalue weighted by Crippen LogP contribution is 2.35. The lowest BCUT2D eigenvalue weighted by atomic mass is 10.1. The molecule has 1 aliphatic heterocycles. The Bertz CT molecular complexity index is 985. The van der Waals surface area contributed by atoms with Crippen molar-refractivity contribution in [3.63, 3.8) is 0 Å². The van der Waals surface area contributed by atoms with Crippen LogP contribution in [0.15, 0.2) is 58.2 Å². The van der Waals surface area contributed by atoms with Crippen LogP contribution in [0.1, 0.15) is 25.0 Å². The van der Waals surface area contributed by atoms with Gasteiger partial charge in [0.25, 0.3) is 5.22 Å². The first kappa shape index (κ1) is 17.8. The number of hydrogen-bond acceptors (Lipinski definition) is 5. The highest BCUT2D eigenvalue weighted by atomic mass is 32.2. The highest BCUT2D eigenvalue weighted by Gasteiger charge is 2.34. The van der Waals surface area contributed by atoms with Gasteiger partial charge in [-0.1, -0.05) is 47.7 Å². The molecule has 4 rings (SSSR count). The molecule has 5 nitrogen and oxygen atoms in total. The number of aryl methyl sites for hydroxylation is 1. The predicted octanol–water partition coefficient (Wildman–Crippen LogP) is 4.50. The lowest BCUT2D eigenvalue weighted by Gasteiger charge is -2.25. The summed E-state index contributed by atoms with van der Waals surface area (Å²) in [6.07, 6.45) is 0.886. The van der Waals surface area contributed by atoms with Crippen LogP contribution in [0.3, 0.4) is 0 Å². The van der Waals surface area contributed by atoms with Crippen molar-refractivity contribution < 1.29 is 9.21 Å². The summed E-state index contributed by atoms with van der Waals surface area (Å²) >= 11 is 1.30. The number of rotatable bonds is 4. The number of anilines is 1. The van der Waals surface area contributed by atoms with E-state index in [-0.39, 0.29) is 17.2 Å². The average Bonchev–Trinajstić information content (AvgIpc) is 3.24. The summed E-state index contributed by atoms with van der Waals surface area (Å²) in [6.45, 7) is 5.99. The molecule has 0 N–H and O–H groups in total. The van der Waals surface area contributed by atoms with Gasteiger partial charge in [-0.15, -0.1) is 10.2 Å². The smallest absolute Gasteiger partial charge is 0.277 e. The Hall–Kier alpha value is -2.60. The first-order valence-corrected chi connectivity index (χ1v) is 9.89. The van der Waals surface area contributed by atoms with Gasteiger partial charge < -0.3 is 9.32 Å². The first-order valence-electron chi connectivity index (χ1n) is 9.01. The van der Waals surface area contributed by atoms with Crippen molar-refractivity contribution in [2.24, 2.45) is 0 Å². The summed E-state index contributed by atoms with van der Waals surface area (Å²) in [5.41, 5.74) is 4.24. The number of fused-ring (bicyclic) bond motifs is 1. The van der Waals surface area contributed by atoms with Crippen LogP contribution in [0.4, 0.5) is 5.69 Å². The van der Waals surface area contributed by atoms with E-state index in [9.17, 15) is 4.79 Å². The first-order chi connectivity index (χ1) is 13.0. The maximum atomic E-state index is 13.1. The Morgan fingerprint density at radius 1 is 1.22 bits per heavy atom. The Kier molecular flexibility index (Phi) is 4.74. The average molecular weight is 379 g/mol. The van der Waals surface area contributed by atoms with Crippen LogP contribution >= 0.6 is 11.8 Å². The molecule has 0 fully saturated rings. The lowest BCUT2D eigenvalue weighted by molar-refractivity contribution is -0.118. The zero-order valence-electron chi connectivity index (χ0n) is 15.5. The number of nitrogens with zero attached hydrogens (tertiary/aromatic N) is 3. The van der Waals surface area contributed by atoms with Gasteiger partial charge in [-0.2, -0.15) is 0 Å². The number of amides is 1. The molecule has 0 radical (unpaired) electrons. The van der Waals surface area contributed by atoms with Gasteiger partial charge in [0.05, 0.1) is 5.25 Å². The fourth-order valence-electron chi connectivity index (χ4n) is 3.45. The number of carbonyl (C=O) groups excluding carboxylic acids is 1. The molecule has 1 aliphatic rings. The second-order valence-corrected chi connectivity index (χ2v) is 8.18. The minimum absolute atomic E-state index is 0.0627. The third kappa shape index (κ3) is 3.49. The number of benzene rings is 2. The van der Waals surface area contributed by atoms with Crippen molar-refractivity contribution in [1.29, 1.82) is 0 Å². The third-order valence-corrected chi connectivity index (χ3v) is 5.66. The quantitative estimate of drug-likeness (QED) is 0.625. The molecule has 6 heteroatoms. The van der Waals surface area contributed by atoms with Crippen molar-refractivity contribution in [3.05, 3.63) is 59.7 Å². The molecule has 0 bridgehead atoms. The maximum absolute atomic E-state index is 13.1. The van der Waals surface area contributed by atoms with Gasteiger partial charge in [0, 0.05) is 17.3 Å². The van der Waals surface area contributed by atoms with Gasteiger partial charge >= 0.3 is 0 Å². The summed E-state index contributed by atoms with van der Waals surface area (Å²) in [5.74, 6) is 0.536. The molecule has 2 atom stereocenters. The summed E-state index contributed by atoms with van der Waals surface area (Å²) in [6, 6.07) is 16.2. The second kappa shape index (κ2) is 7.19. The van der Waals surface area contributed by atoms with E-state index in [1.54, 1.807) is 0 Å². The molecule has 0 spiro atoms.